The summed E-state index contributed by atoms with van der Waals surface area (Å²) in [6, 6.07) is 6.42. The first-order chi connectivity index (χ1) is 7.11. The van der Waals surface area contributed by atoms with Gasteiger partial charge >= 0.3 is 0 Å². The van der Waals surface area contributed by atoms with Crippen LogP contribution in [0.25, 0.3) is 0 Å². The summed E-state index contributed by atoms with van der Waals surface area (Å²) in [5.41, 5.74) is 8.96. The molecule has 3 N–H and O–H groups in total. The molecule has 0 aliphatic carbocycles. The van der Waals surface area contributed by atoms with Gasteiger partial charge in [0.05, 0.1) is 6.54 Å². The third kappa shape index (κ3) is 5.14. The summed E-state index contributed by atoms with van der Waals surface area (Å²) in [4.78, 5) is 10.9. The van der Waals surface area contributed by atoms with Crippen LogP contribution in [0.1, 0.15) is 16.7 Å². The van der Waals surface area contributed by atoms with E-state index < -0.39 is 0 Å². The Morgan fingerprint density at radius 2 is 1.81 bits per heavy atom. The van der Waals surface area contributed by atoms with E-state index in [9.17, 15) is 4.79 Å². The Balaban J connectivity index is 0.00000225. The summed E-state index contributed by atoms with van der Waals surface area (Å²) in [6.45, 7) is 4.87. The number of rotatable bonds is 4. The smallest absolute Gasteiger partial charge is 0.233 e. The van der Waals surface area contributed by atoms with Gasteiger partial charge < -0.3 is 11.1 Å². The van der Waals surface area contributed by atoms with Crippen LogP contribution < -0.4 is 11.1 Å². The van der Waals surface area contributed by atoms with Crippen LogP contribution in [0.4, 0.5) is 0 Å². The molecule has 90 valence electrons. The molecule has 0 fully saturated rings. The summed E-state index contributed by atoms with van der Waals surface area (Å²) in [6.07, 6.45) is 0.855. The molecule has 4 heteroatoms. The first-order valence-electron chi connectivity index (χ1n) is 5.16. The molecule has 0 aromatic heterocycles. The summed E-state index contributed by atoms with van der Waals surface area (Å²) < 4.78 is 0. The molecule has 0 atom stereocenters. The number of carbonyl (C=O) groups is 1. The summed E-state index contributed by atoms with van der Waals surface area (Å²) in [7, 11) is 0. The average molecular weight is 243 g/mol. The quantitative estimate of drug-likeness (QED) is 0.837. The van der Waals surface area contributed by atoms with Gasteiger partial charge in [0.25, 0.3) is 0 Å². The van der Waals surface area contributed by atoms with Gasteiger partial charge in [0.15, 0.2) is 0 Å². The van der Waals surface area contributed by atoms with E-state index in [1.165, 1.54) is 16.7 Å². The number of nitrogens with two attached hydrogens (primary N) is 1. The number of amides is 1. The Kier molecular flexibility index (Phi) is 6.77. The maximum absolute atomic E-state index is 10.9. The second-order valence-corrected chi connectivity index (χ2v) is 3.80. The molecule has 0 spiro atoms. The van der Waals surface area contributed by atoms with Crippen LogP contribution in [0.15, 0.2) is 18.2 Å². The highest BCUT2D eigenvalue weighted by molar-refractivity contribution is 5.85. The largest absolute Gasteiger partial charge is 0.355 e. The predicted molar refractivity (Wildman–Crippen MR) is 68.9 cm³/mol. The molecule has 0 saturated carbocycles. The average Bonchev–Trinajstić information content (AvgIpc) is 2.16. The van der Waals surface area contributed by atoms with Crippen LogP contribution in [-0.4, -0.2) is 19.0 Å². The lowest BCUT2D eigenvalue weighted by molar-refractivity contribution is -0.119. The van der Waals surface area contributed by atoms with Crippen molar-refractivity contribution in [1.29, 1.82) is 0 Å². The lowest BCUT2D eigenvalue weighted by Crippen LogP contribution is -2.31. The molecule has 1 aromatic rings. The SMILES string of the molecule is Cc1cc(C)cc(CCNC(=O)CN)c1.Cl. The number of nitrogens with one attached hydrogen (secondary N) is 1. The number of hydrogen-bond donors (Lipinski definition) is 2. The van der Waals surface area contributed by atoms with Gasteiger partial charge in [0, 0.05) is 6.54 Å². The van der Waals surface area contributed by atoms with Crippen molar-refractivity contribution in [2.45, 2.75) is 20.3 Å². The Labute approximate surface area is 103 Å². The summed E-state index contributed by atoms with van der Waals surface area (Å²) in [5, 5.41) is 2.76. The standard InChI is InChI=1S/C12H18N2O.ClH/c1-9-5-10(2)7-11(6-9)3-4-14-12(15)8-13;/h5-7H,3-4,8,13H2,1-2H3,(H,14,15);1H. The normalized spacial score (nSPS) is 9.44. The van der Waals surface area contributed by atoms with Gasteiger partial charge in [0.1, 0.15) is 0 Å². The highest BCUT2D eigenvalue weighted by Gasteiger charge is 1.98. The van der Waals surface area contributed by atoms with E-state index in [0.29, 0.717) is 6.54 Å². The number of aryl methyl sites for hydroxylation is 2. The van der Waals surface area contributed by atoms with Crippen LogP contribution in [0.3, 0.4) is 0 Å². The van der Waals surface area contributed by atoms with Crippen molar-refractivity contribution in [3.05, 3.63) is 34.9 Å². The number of carbonyl (C=O) groups excluding carboxylic acids is 1. The molecular formula is C12H19ClN2O. The molecule has 3 nitrogen and oxygen atoms in total. The number of hydrogen-bond acceptors (Lipinski definition) is 2. The van der Waals surface area contributed by atoms with Gasteiger partial charge in [-0.1, -0.05) is 29.3 Å². The van der Waals surface area contributed by atoms with Crippen LogP contribution in [0, 0.1) is 13.8 Å². The van der Waals surface area contributed by atoms with Crippen molar-refractivity contribution in [3.8, 4) is 0 Å². The molecule has 16 heavy (non-hydrogen) atoms. The molecule has 0 radical (unpaired) electrons. The zero-order valence-electron chi connectivity index (χ0n) is 9.75. The second-order valence-electron chi connectivity index (χ2n) is 3.80. The second kappa shape index (κ2) is 7.25. The Morgan fingerprint density at radius 1 is 1.25 bits per heavy atom. The third-order valence-electron chi connectivity index (χ3n) is 2.20. The van der Waals surface area contributed by atoms with Gasteiger partial charge in [-0.2, -0.15) is 0 Å². The molecule has 0 bridgehead atoms. The molecule has 0 heterocycles. The topological polar surface area (TPSA) is 55.1 Å². The fourth-order valence-electron chi connectivity index (χ4n) is 1.63. The molecule has 0 aliphatic rings. The molecule has 0 aliphatic heterocycles. The lowest BCUT2D eigenvalue weighted by atomic mass is 10.1. The monoisotopic (exact) mass is 242 g/mol. The van der Waals surface area contributed by atoms with Crippen molar-refractivity contribution >= 4 is 18.3 Å². The fourth-order valence-corrected chi connectivity index (χ4v) is 1.63. The van der Waals surface area contributed by atoms with Crippen LogP contribution in [0.5, 0.6) is 0 Å². The van der Waals surface area contributed by atoms with E-state index in [1.54, 1.807) is 0 Å². The number of halogens is 1. The molecule has 1 rings (SSSR count). The van der Waals surface area contributed by atoms with Gasteiger partial charge in [0.2, 0.25) is 5.91 Å². The third-order valence-corrected chi connectivity index (χ3v) is 2.20. The van der Waals surface area contributed by atoms with E-state index in [2.05, 4.69) is 37.4 Å². The van der Waals surface area contributed by atoms with Gasteiger partial charge in [-0.3, -0.25) is 4.79 Å². The highest BCUT2D eigenvalue weighted by atomic mass is 35.5. The maximum Gasteiger partial charge on any atom is 0.233 e. The maximum atomic E-state index is 10.9. The zero-order chi connectivity index (χ0) is 11.3. The Bertz CT molecular complexity index is 333. The van der Waals surface area contributed by atoms with E-state index in [0.717, 1.165) is 6.42 Å². The molecule has 1 aromatic carbocycles. The zero-order valence-corrected chi connectivity index (χ0v) is 10.6. The van der Waals surface area contributed by atoms with Gasteiger partial charge in [-0.25, -0.2) is 0 Å². The van der Waals surface area contributed by atoms with Crippen LogP contribution >= 0.6 is 12.4 Å². The molecular weight excluding hydrogens is 224 g/mol. The van der Waals surface area contributed by atoms with E-state index in [-0.39, 0.29) is 24.9 Å². The van der Waals surface area contributed by atoms with Gasteiger partial charge in [-0.05, 0) is 25.8 Å². The first kappa shape index (κ1) is 14.9. The summed E-state index contributed by atoms with van der Waals surface area (Å²) >= 11 is 0. The molecule has 0 unspecified atom stereocenters. The van der Waals surface area contributed by atoms with Crippen LogP contribution in [0.2, 0.25) is 0 Å². The van der Waals surface area contributed by atoms with Crippen molar-refractivity contribution in [2.75, 3.05) is 13.1 Å². The van der Waals surface area contributed by atoms with E-state index in [1.807, 2.05) is 0 Å². The highest BCUT2D eigenvalue weighted by Crippen LogP contribution is 2.08. The minimum atomic E-state index is -0.0978. The fraction of sp³-hybridized carbons (Fsp3) is 0.417. The van der Waals surface area contributed by atoms with Crippen molar-refractivity contribution in [2.24, 2.45) is 5.73 Å². The van der Waals surface area contributed by atoms with E-state index in [4.69, 9.17) is 5.73 Å². The Morgan fingerprint density at radius 3 is 2.31 bits per heavy atom. The van der Waals surface area contributed by atoms with Gasteiger partial charge in [-0.15, -0.1) is 12.4 Å². The molecule has 1 amide bonds. The number of benzene rings is 1. The van der Waals surface area contributed by atoms with Crippen molar-refractivity contribution in [1.82, 2.24) is 5.32 Å². The first-order valence-corrected chi connectivity index (χ1v) is 5.16. The van der Waals surface area contributed by atoms with Crippen LogP contribution in [-0.2, 0) is 11.2 Å². The minimum absolute atomic E-state index is 0. The predicted octanol–water partition coefficient (Wildman–Crippen LogP) is 1.34. The van der Waals surface area contributed by atoms with E-state index >= 15 is 0 Å². The molecule has 0 saturated heterocycles. The lowest BCUT2D eigenvalue weighted by Gasteiger charge is -2.06. The van der Waals surface area contributed by atoms with Crippen molar-refractivity contribution < 1.29 is 4.79 Å². The minimum Gasteiger partial charge on any atom is -0.355 e. The summed E-state index contributed by atoms with van der Waals surface area (Å²) in [5.74, 6) is -0.0978. The van der Waals surface area contributed by atoms with Crippen molar-refractivity contribution in [3.63, 3.8) is 0 Å². The Hall–Kier alpha value is -1.06.